The Morgan fingerprint density at radius 1 is 1.17 bits per heavy atom. The van der Waals surface area contributed by atoms with Crippen molar-refractivity contribution in [1.29, 1.82) is 0 Å². The van der Waals surface area contributed by atoms with Gasteiger partial charge in [-0.05, 0) is 30.5 Å². The molecule has 0 bridgehead atoms. The summed E-state index contributed by atoms with van der Waals surface area (Å²) >= 11 is 6.33. The third kappa shape index (κ3) is 4.73. The number of nitrogens with zero attached hydrogens (tertiary/aromatic N) is 2. The van der Waals surface area contributed by atoms with E-state index in [0.29, 0.717) is 18.0 Å². The normalized spacial score (nSPS) is 16.3. The molecule has 2 aromatic carbocycles. The van der Waals surface area contributed by atoms with E-state index < -0.39 is 12.0 Å². The Kier molecular flexibility index (Phi) is 7.27. The van der Waals surface area contributed by atoms with Gasteiger partial charge in [0.15, 0.2) is 0 Å². The SMILES string of the molecule is CCC(CC)C1N=C(c2ccccc2)c2cc(Cl)ccc2N(CCCC(=O)O)C1=O. The van der Waals surface area contributed by atoms with Gasteiger partial charge in [-0.3, -0.25) is 14.6 Å². The molecule has 0 spiro atoms. The van der Waals surface area contributed by atoms with E-state index in [1.54, 1.807) is 11.0 Å². The highest BCUT2D eigenvalue weighted by molar-refractivity contribution is 6.32. The zero-order valence-electron chi connectivity index (χ0n) is 17.3. The molecule has 1 aliphatic rings. The summed E-state index contributed by atoms with van der Waals surface area (Å²) in [6.07, 6.45) is 2.05. The van der Waals surface area contributed by atoms with Crippen LogP contribution in [-0.4, -0.2) is 35.3 Å². The first-order chi connectivity index (χ1) is 14.5. The molecule has 30 heavy (non-hydrogen) atoms. The van der Waals surface area contributed by atoms with Crippen LogP contribution in [0.25, 0.3) is 0 Å². The summed E-state index contributed by atoms with van der Waals surface area (Å²) in [5, 5.41) is 9.63. The number of carboxylic acid groups (broad SMARTS) is 1. The summed E-state index contributed by atoms with van der Waals surface area (Å²) in [5.74, 6) is -0.849. The Bertz CT molecular complexity index is 939. The summed E-state index contributed by atoms with van der Waals surface area (Å²) in [4.78, 5) is 31.4. The standard InChI is InChI=1S/C24H27ClN2O3/c1-3-16(4-2)23-24(30)27(14-8-11-21(28)29)20-13-12-18(25)15-19(20)22(26-23)17-9-6-5-7-10-17/h5-7,9-10,12-13,15-16,23H,3-4,8,11,14H2,1-2H3,(H,28,29). The molecule has 6 heteroatoms. The second kappa shape index (κ2) is 9.90. The van der Waals surface area contributed by atoms with E-state index >= 15 is 0 Å². The summed E-state index contributed by atoms with van der Waals surface area (Å²) in [6, 6.07) is 14.7. The van der Waals surface area contributed by atoms with Gasteiger partial charge in [0.05, 0.1) is 11.4 Å². The number of carbonyl (C=O) groups excluding carboxylic acids is 1. The number of carbonyl (C=O) groups is 2. The maximum atomic E-state index is 13.6. The fourth-order valence-electron chi connectivity index (χ4n) is 3.96. The Morgan fingerprint density at radius 2 is 1.87 bits per heavy atom. The van der Waals surface area contributed by atoms with Crippen LogP contribution in [0.5, 0.6) is 0 Å². The van der Waals surface area contributed by atoms with Crippen LogP contribution in [-0.2, 0) is 9.59 Å². The van der Waals surface area contributed by atoms with Crippen LogP contribution >= 0.6 is 11.6 Å². The molecule has 1 N–H and O–H groups in total. The second-order valence-corrected chi connectivity index (χ2v) is 7.95. The average Bonchev–Trinajstić information content (AvgIpc) is 2.85. The van der Waals surface area contributed by atoms with Gasteiger partial charge < -0.3 is 10.0 Å². The molecule has 0 aliphatic carbocycles. The van der Waals surface area contributed by atoms with Crippen LogP contribution in [0.3, 0.4) is 0 Å². The van der Waals surface area contributed by atoms with Crippen molar-refractivity contribution in [3.05, 3.63) is 64.7 Å². The van der Waals surface area contributed by atoms with Gasteiger partial charge in [0, 0.05) is 29.1 Å². The van der Waals surface area contributed by atoms with E-state index in [1.807, 2.05) is 42.5 Å². The fourth-order valence-corrected chi connectivity index (χ4v) is 4.13. The zero-order valence-corrected chi connectivity index (χ0v) is 18.1. The molecule has 0 fully saturated rings. The number of aliphatic imine (C=N–C) groups is 1. The molecule has 0 saturated heterocycles. The number of anilines is 1. The molecule has 0 radical (unpaired) electrons. The molecular formula is C24H27ClN2O3. The number of carboxylic acids is 1. The van der Waals surface area contributed by atoms with E-state index in [2.05, 4.69) is 13.8 Å². The van der Waals surface area contributed by atoms with E-state index in [0.717, 1.165) is 35.4 Å². The number of aliphatic carboxylic acids is 1. The van der Waals surface area contributed by atoms with Crippen LogP contribution < -0.4 is 4.90 Å². The minimum atomic E-state index is -0.869. The maximum Gasteiger partial charge on any atom is 0.303 e. The summed E-state index contributed by atoms with van der Waals surface area (Å²) in [5.41, 5.74) is 3.20. The molecule has 0 saturated carbocycles. The zero-order chi connectivity index (χ0) is 21.7. The number of benzene rings is 2. The topological polar surface area (TPSA) is 70.0 Å². The van der Waals surface area contributed by atoms with Crippen molar-refractivity contribution in [2.75, 3.05) is 11.4 Å². The average molecular weight is 427 g/mol. The largest absolute Gasteiger partial charge is 0.481 e. The van der Waals surface area contributed by atoms with Gasteiger partial charge in [0.2, 0.25) is 0 Å². The van der Waals surface area contributed by atoms with E-state index in [4.69, 9.17) is 21.7 Å². The predicted octanol–water partition coefficient (Wildman–Crippen LogP) is 5.19. The highest BCUT2D eigenvalue weighted by Gasteiger charge is 2.35. The Labute approximate surface area is 182 Å². The van der Waals surface area contributed by atoms with Crippen molar-refractivity contribution >= 4 is 34.9 Å². The lowest BCUT2D eigenvalue weighted by molar-refractivity contribution is -0.137. The minimum Gasteiger partial charge on any atom is -0.481 e. The third-order valence-electron chi connectivity index (χ3n) is 5.61. The van der Waals surface area contributed by atoms with Gasteiger partial charge in [0.1, 0.15) is 6.04 Å². The van der Waals surface area contributed by atoms with Crippen molar-refractivity contribution in [3.63, 3.8) is 0 Å². The molecule has 1 atom stereocenters. The van der Waals surface area contributed by atoms with Gasteiger partial charge in [-0.2, -0.15) is 0 Å². The van der Waals surface area contributed by atoms with Gasteiger partial charge in [-0.25, -0.2) is 0 Å². The van der Waals surface area contributed by atoms with E-state index in [9.17, 15) is 9.59 Å². The Balaban J connectivity index is 2.17. The fraction of sp³-hybridized carbons (Fsp3) is 0.375. The van der Waals surface area contributed by atoms with Crippen molar-refractivity contribution < 1.29 is 14.7 Å². The number of halogens is 1. The highest BCUT2D eigenvalue weighted by atomic mass is 35.5. The predicted molar refractivity (Wildman–Crippen MR) is 121 cm³/mol. The summed E-state index contributed by atoms with van der Waals surface area (Å²) < 4.78 is 0. The van der Waals surface area contributed by atoms with Crippen LogP contribution in [0.4, 0.5) is 5.69 Å². The molecule has 3 rings (SSSR count). The molecule has 158 valence electrons. The van der Waals surface area contributed by atoms with Gasteiger partial charge in [-0.15, -0.1) is 0 Å². The van der Waals surface area contributed by atoms with Crippen LogP contribution in [0.15, 0.2) is 53.5 Å². The number of amides is 1. The minimum absolute atomic E-state index is 0.00868. The first-order valence-electron chi connectivity index (χ1n) is 10.4. The van der Waals surface area contributed by atoms with Crippen LogP contribution in [0, 0.1) is 5.92 Å². The first-order valence-corrected chi connectivity index (χ1v) is 10.8. The Hall–Kier alpha value is -2.66. The first kappa shape index (κ1) is 22.0. The van der Waals surface area contributed by atoms with E-state index in [-0.39, 0.29) is 18.2 Å². The summed E-state index contributed by atoms with van der Waals surface area (Å²) in [6.45, 7) is 4.47. The molecule has 1 aliphatic heterocycles. The van der Waals surface area contributed by atoms with Gasteiger partial charge in [-0.1, -0.05) is 68.6 Å². The van der Waals surface area contributed by atoms with Crippen LogP contribution in [0.2, 0.25) is 5.02 Å². The summed E-state index contributed by atoms with van der Waals surface area (Å²) in [7, 11) is 0. The van der Waals surface area contributed by atoms with Crippen LogP contribution in [0.1, 0.15) is 50.7 Å². The number of hydrogen-bond donors (Lipinski definition) is 1. The lowest BCUT2D eigenvalue weighted by Crippen LogP contribution is -2.42. The van der Waals surface area contributed by atoms with E-state index in [1.165, 1.54) is 0 Å². The van der Waals surface area contributed by atoms with Crippen molar-refractivity contribution in [1.82, 2.24) is 0 Å². The molecule has 1 unspecified atom stereocenters. The molecule has 5 nitrogen and oxygen atoms in total. The number of fused-ring (bicyclic) bond motifs is 1. The quantitative estimate of drug-likeness (QED) is 0.631. The molecule has 2 aromatic rings. The van der Waals surface area contributed by atoms with Gasteiger partial charge in [0.25, 0.3) is 5.91 Å². The highest BCUT2D eigenvalue weighted by Crippen LogP contribution is 2.33. The molecule has 0 aromatic heterocycles. The third-order valence-corrected chi connectivity index (χ3v) is 5.84. The molecule has 1 amide bonds. The second-order valence-electron chi connectivity index (χ2n) is 7.51. The van der Waals surface area contributed by atoms with Gasteiger partial charge >= 0.3 is 5.97 Å². The number of rotatable bonds is 8. The Morgan fingerprint density at radius 3 is 2.50 bits per heavy atom. The van der Waals surface area contributed by atoms with Crippen molar-refractivity contribution in [2.45, 2.75) is 45.6 Å². The van der Waals surface area contributed by atoms with Crippen molar-refractivity contribution in [2.24, 2.45) is 10.9 Å². The lowest BCUT2D eigenvalue weighted by Gasteiger charge is -2.28. The van der Waals surface area contributed by atoms with Crippen molar-refractivity contribution in [3.8, 4) is 0 Å². The molecular weight excluding hydrogens is 400 g/mol. The maximum absolute atomic E-state index is 13.6. The molecule has 1 heterocycles. The smallest absolute Gasteiger partial charge is 0.303 e. The number of benzodiazepines with no additional fused rings is 1. The number of hydrogen-bond acceptors (Lipinski definition) is 3. The monoisotopic (exact) mass is 426 g/mol. The lowest BCUT2D eigenvalue weighted by atomic mass is 9.93.